The molecular weight excluding hydrogens is 252 g/mol. The van der Waals surface area contributed by atoms with Crippen LogP contribution in [-0.2, 0) is 0 Å². The molecule has 1 aliphatic heterocycles. The maximum absolute atomic E-state index is 13.6. The minimum atomic E-state index is -3.20. The third-order valence-electron chi connectivity index (χ3n) is 2.56. The Morgan fingerprint density at radius 3 is 2.31 bits per heavy atom. The minimum absolute atomic E-state index is 0.196. The molecule has 1 heterocycles. The molecule has 0 spiro atoms. The van der Waals surface area contributed by atoms with Gasteiger partial charge in [-0.15, -0.1) is 0 Å². The molecule has 1 fully saturated rings. The van der Waals surface area contributed by atoms with E-state index in [2.05, 4.69) is 0 Å². The lowest BCUT2D eigenvalue weighted by atomic mass is 10.1. The molecule has 1 atom stereocenters. The molecule has 1 unspecified atom stereocenters. The zero-order valence-corrected chi connectivity index (χ0v) is 11.1. The molecule has 1 N–H and O–H groups in total. The molecule has 1 aliphatic rings. The lowest BCUT2D eigenvalue weighted by Crippen LogP contribution is -2.37. The molecule has 1 saturated heterocycles. The van der Waals surface area contributed by atoms with Gasteiger partial charge in [0.05, 0.1) is 0 Å². The second-order valence-corrected chi connectivity index (χ2v) is 6.09. The van der Waals surface area contributed by atoms with Crippen LogP contribution in [0, 0.1) is 5.92 Å². The lowest BCUT2D eigenvalue weighted by Gasteiger charge is -2.27. The van der Waals surface area contributed by atoms with E-state index in [-0.39, 0.29) is 4.32 Å². The molecule has 0 aromatic rings. The van der Waals surface area contributed by atoms with Crippen molar-refractivity contribution in [2.75, 3.05) is 13.1 Å². The quantitative estimate of drug-likeness (QED) is 0.796. The van der Waals surface area contributed by atoms with Crippen LogP contribution in [0.3, 0.4) is 0 Å². The van der Waals surface area contributed by atoms with Crippen LogP contribution in [0.15, 0.2) is 0 Å². The van der Waals surface area contributed by atoms with Crippen molar-refractivity contribution in [1.82, 2.24) is 4.90 Å². The van der Waals surface area contributed by atoms with Gasteiger partial charge in [-0.25, -0.2) is 0 Å². The number of thioether (sulfide) groups is 1. The maximum atomic E-state index is 13.6. The standard InChI is InChI=1S/C10H17F2NOS2/c1-7(2)8(14)10(11,12)16-9(15)13-5-3-4-6-13/h7-8,14H,3-6H2,1-2H3. The van der Waals surface area contributed by atoms with E-state index in [0.717, 1.165) is 25.9 Å². The van der Waals surface area contributed by atoms with E-state index in [9.17, 15) is 13.9 Å². The van der Waals surface area contributed by atoms with E-state index >= 15 is 0 Å². The van der Waals surface area contributed by atoms with Gasteiger partial charge in [0.2, 0.25) is 0 Å². The zero-order valence-electron chi connectivity index (χ0n) is 9.45. The number of likely N-dealkylation sites (tertiary alicyclic amines) is 1. The van der Waals surface area contributed by atoms with Crippen molar-refractivity contribution >= 4 is 28.3 Å². The summed E-state index contributed by atoms with van der Waals surface area (Å²) in [6.07, 6.45) is 0.343. The fourth-order valence-electron chi connectivity index (χ4n) is 1.53. The van der Waals surface area contributed by atoms with E-state index in [0.29, 0.717) is 11.8 Å². The highest BCUT2D eigenvalue weighted by molar-refractivity contribution is 8.23. The predicted molar refractivity (Wildman–Crippen MR) is 66.8 cm³/mol. The van der Waals surface area contributed by atoms with Gasteiger partial charge in [0.25, 0.3) is 0 Å². The minimum Gasteiger partial charge on any atom is -0.386 e. The third kappa shape index (κ3) is 3.53. The van der Waals surface area contributed by atoms with Crippen LogP contribution in [0.2, 0.25) is 0 Å². The molecule has 0 aromatic heterocycles. The monoisotopic (exact) mass is 269 g/mol. The first kappa shape index (κ1) is 14.1. The van der Waals surface area contributed by atoms with Crippen LogP contribution in [0.25, 0.3) is 0 Å². The molecular formula is C10H17F2NOS2. The van der Waals surface area contributed by atoms with E-state index in [1.165, 1.54) is 0 Å². The van der Waals surface area contributed by atoms with Crippen LogP contribution >= 0.6 is 24.0 Å². The third-order valence-corrected chi connectivity index (χ3v) is 4.02. The molecule has 0 aliphatic carbocycles. The SMILES string of the molecule is CC(C)C(O)C(F)(F)SC(=S)N1CCCC1. The smallest absolute Gasteiger partial charge is 0.325 e. The summed E-state index contributed by atoms with van der Waals surface area (Å²) < 4.78 is 27.3. The summed E-state index contributed by atoms with van der Waals surface area (Å²) in [4.78, 5) is 1.78. The van der Waals surface area contributed by atoms with Gasteiger partial charge < -0.3 is 10.0 Å². The molecule has 94 valence electrons. The largest absolute Gasteiger partial charge is 0.386 e. The molecule has 2 nitrogen and oxygen atoms in total. The first-order chi connectivity index (χ1) is 7.34. The van der Waals surface area contributed by atoms with Crippen molar-refractivity contribution < 1.29 is 13.9 Å². The number of aliphatic hydroxyl groups is 1. The van der Waals surface area contributed by atoms with E-state index in [1.54, 1.807) is 18.7 Å². The number of halogens is 2. The Morgan fingerprint density at radius 1 is 1.38 bits per heavy atom. The molecule has 0 saturated carbocycles. The molecule has 1 rings (SSSR count). The van der Waals surface area contributed by atoms with Crippen molar-refractivity contribution in [3.05, 3.63) is 0 Å². The number of hydrogen-bond donors (Lipinski definition) is 1. The summed E-state index contributed by atoms with van der Waals surface area (Å²) in [6, 6.07) is 0. The van der Waals surface area contributed by atoms with Crippen molar-refractivity contribution in [2.45, 2.75) is 38.0 Å². The Morgan fingerprint density at radius 2 is 1.88 bits per heavy atom. The highest BCUT2D eigenvalue weighted by atomic mass is 32.2. The Kier molecular flexibility index (Phi) is 4.94. The molecule has 0 amide bonds. The average Bonchev–Trinajstić information content (AvgIpc) is 2.68. The van der Waals surface area contributed by atoms with E-state index in [4.69, 9.17) is 12.2 Å². The maximum Gasteiger partial charge on any atom is 0.325 e. The first-order valence-electron chi connectivity index (χ1n) is 5.38. The summed E-state index contributed by atoms with van der Waals surface area (Å²) in [5.41, 5.74) is 0. The van der Waals surface area contributed by atoms with Gasteiger partial charge in [-0.2, -0.15) is 8.78 Å². The van der Waals surface area contributed by atoms with Gasteiger partial charge in [-0.3, -0.25) is 0 Å². The highest BCUT2D eigenvalue weighted by Crippen LogP contribution is 2.37. The fourth-order valence-corrected chi connectivity index (χ4v) is 2.98. The van der Waals surface area contributed by atoms with Crippen LogP contribution in [0.5, 0.6) is 0 Å². The van der Waals surface area contributed by atoms with Crippen LogP contribution in [-0.4, -0.2) is 38.8 Å². The average molecular weight is 269 g/mol. The molecule has 0 radical (unpaired) electrons. The van der Waals surface area contributed by atoms with Gasteiger partial charge in [0.1, 0.15) is 10.4 Å². The Labute approximate surface area is 104 Å². The van der Waals surface area contributed by atoms with Gasteiger partial charge in [0.15, 0.2) is 0 Å². The topological polar surface area (TPSA) is 23.5 Å². The summed E-state index contributed by atoms with van der Waals surface area (Å²) in [6.45, 7) is 4.63. The predicted octanol–water partition coefficient (Wildman–Crippen LogP) is 2.71. The summed E-state index contributed by atoms with van der Waals surface area (Å²) in [7, 11) is 0. The van der Waals surface area contributed by atoms with Gasteiger partial charge in [-0.05, 0) is 30.5 Å². The highest BCUT2D eigenvalue weighted by Gasteiger charge is 2.43. The van der Waals surface area contributed by atoms with Gasteiger partial charge in [-0.1, -0.05) is 26.1 Å². The normalized spacial score (nSPS) is 19.2. The van der Waals surface area contributed by atoms with E-state index < -0.39 is 17.3 Å². The molecule has 6 heteroatoms. The number of aliphatic hydroxyl groups excluding tert-OH is 1. The van der Waals surface area contributed by atoms with Crippen LogP contribution < -0.4 is 0 Å². The molecule has 0 bridgehead atoms. The second-order valence-electron chi connectivity index (χ2n) is 4.31. The van der Waals surface area contributed by atoms with Gasteiger partial charge >= 0.3 is 5.25 Å². The summed E-state index contributed by atoms with van der Waals surface area (Å²) >= 11 is 5.28. The fraction of sp³-hybridized carbons (Fsp3) is 0.900. The Bertz CT molecular complexity index is 255. The van der Waals surface area contributed by atoms with E-state index in [1.807, 2.05) is 0 Å². The first-order valence-corrected chi connectivity index (χ1v) is 6.61. The lowest BCUT2D eigenvalue weighted by molar-refractivity contribution is -0.0562. The summed E-state index contributed by atoms with van der Waals surface area (Å²) in [5, 5.41) is 6.20. The number of rotatable bonds is 3. The van der Waals surface area contributed by atoms with Crippen molar-refractivity contribution in [3.8, 4) is 0 Å². The number of alkyl halides is 2. The number of nitrogens with zero attached hydrogens (tertiary/aromatic N) is 1. The van der Waals surface area contributed by atoms with Crippen LogP contribution in [0.1, 0.15) is 26.7 Å². The van der Waals surface area contributed by atoms with Crippen molar-refractivity contribution in [2.24, 2.45) is 5.92 Å². The number of thiocarbonyl (C=S) groups is 1. The second kappa shape index (κ2) is 5.60. The molecule has 16 heavy (non-hydrogen) atoms. The van der Waals surface area contributed by atoms with Gasteiger partial charge in [0, 0.05) is 13.1 Å². The summed E-state index contributed by atoms with van der Waals surface area (Å²) in [5.74, 6) is -0.483. The number of hydrogen-bond acceptors (Lipinski definition) is 3. The Hall–Kier alpha value is 0.0600. The Balaban J connectivity index is 2.54. The van der Waals surface area contributed by atoms with Crippen molar-refractivity contribution in [3.63, 3.8) is 0 Å². The molecule has 0 aromatic carbocycles. The zero-order chi connectivity index (χ0) is 12.3. The van der Waals surface area contributed by atoms with Crippen molar-refractivity contribution in [1.29, 1.82) is 0 Å². The van der Waals surface area contributed by atoms with Crippen LogP contribution in [0.4, 0.5) is 8.78 Å².